The Morgan fingerprint density at radius 3 is 2.77 bits per heavy atom. The van der Waals surface area contributed by atoms with E-state index in [-0.39, 0.29) is 6.04 Å². The van der Waals surface area contributed by atoms with E-state index in [2.05, 4.69) is 20.0 Å². The Balaban J connectivity index is 1.79. The third kappa shape index (κ3) is 2.66. The Morgan fingerprint density at radius 2 is 2.09 bits per heavy atom. The maximum absolute atomic E-state index is 12.7. The summed E-state index contributed by atoms with van der Waals surface area (Å²) >= 11 is 0. The minimum absolute atomic E-state index is 0.106. The van der Waals surface area contributed by atoms with Crippen LogP contribution in [0.3, 0.4) is 0 Å². The first-order valence-electron chi connectivity index (χ1n) is 7.27. The zero-order valence-electron chi connectivity index (χ0n) is 12.9. The van der Waals surface area contributed by atoms with Gasteiger partial charge >= 0.3 is 0 Å². The standard InChI is InChI=1S/C13H20N6O2S/c1-9-13(10(2)18(3)16-9)22(20,21)17-11-4-5-12-15-14-8-19(12)7-6-11/h8,11,17H,4-7H2,1-3H3. The van der Waals surface area contributed by atoms with Crippen molar-refractivity contribution in [3.63, 3.8) is 0 Å². The van der Waals surface area contributed by atoms with E-state index in [4.69, 9.17) is 0 Å². The molecule has 9 heteroatoms. The summed E-state index contributed by atoms with van der Waals surface area (Å²) in [5.74, 6) is 0.912. The summed E-state index contributed by atoms with van der Waals surface area (Å²) in [7, 11) is -1.82. The van der Waals surface area contributed by atoms with Crippen LogP contribution >= 0.6 is 0 Å². The molecule has 120 valence electrons. The highest BCUT2D eigenvalue weighted by Crippen LogP contribution is 2.21. The predicted octanol–water partition coefficient (Wildman–Crippen LogP) is 0.312. The summed E-state index contributed by atoms with van der Waals surface area (Å²) < 4.78 is 31.8. The molecule has 0 bridgehead atoms. The van der Waals surface area contributed by atoms with Crippen molar-refractivity contribution in [1.82, 2.24) is 29.3 Å². The average molecular weight is 324 g/mol. The van der Waals surface area contributed by atoms with E-state index in [9.17, 15) is 8.42 Å². The summed E-state index contributed by atoms with van der Waals surface area (Å²) in [5.41, 5.74) is 1.17. The summed E-state index contributed by atoms with van der Waals surface area (Å²) in [4.78, 5) is 0.290. The number of fused-ring (bicyclic) bond motifs is 1. The van der Waals surface area contributed by atoms with E-state index in [0.717, 1.165) is 31.6 Å². The van der Waals surface area contributed by atoms with Gasteiger partial charge in [-0.2, -0.15) is 5.10 Å². The van der Waals surface area contributed by atoms with Crippen LogP contribution in [-0.2, 0) is 30.0 Å². The van der Waals surface area contributed by atoms with Crippen molar-refractivity contribution in [2.24, 2.45) is 7.05 Å². The second kappa shape index (κ2) is 5.47. The van der Waals surface area contributed by atoms with Crippen LogP contribution in [-0.4, -0.2) is 39.0 Å². The molecule has 2 aromatic heterocycles. The topological polar surface area (TPSA) is 94.7 Å². The largest absolute Gasteiger partial charge is 0.318 e. The molecule has 0 fully saturated rings. The molecule has 0 saturated carbocycles. The quantitative estimate of drug-likeness (QED) is 0.877. The van der Waals surface area contributed by atoms with Crippen molar-refractivity contribution in [3.05, 3.63) is 23.5 Å². The maximum atomic E-state index is 12.7. The van der Waals surface area contributed by atoms with Crippen molar-refractivity contribution in [2.75, 3.05) is 0 Å². The van der Waals surface area contributed by atoms with Gasteiger partial charge in [0.2, 0.25) is 10.0 Å². The summed E-state index contributed by atoms with van der Waals surface area (Å²) in [6.07, 6.45) is 3.86. The van der Waals surface area contributed by atoms with Crippen LogP contribution in [0.1, 0.15) is 30.1 Å². The Bertz CT molecular complexity index is 769. The van der Waals surface area contributed by atoms with E-state index in [1.54, 1.807) is 31.9 Å². The average Bonchev–Trinajstić information content (AvgIpc) is 2.92. The number of nitrogens with zero attached hydrogens (tertiary/aromatic N) is 5. The number of sulfonamides is 1. The van der Waals surface area contributed by atoms with E-state index < -0.39 is 10.0 Å². The molecule has 1 N–H and O–H groups in total. The molecule has 0 spiro atoms. The van der Waals surface area contributed by atoms with Gasteiger partial charge in [0.15, 0.2) is 0 Å². The van der Waals surface area contributed by atoms with Crippen molar-refractivity contribution in [1.29, 1.82) is 0 Å². The fraction of sp³-hybridized carbons (Fsp3) is 0.615. The molecule has 1 unspecified atom stereocenters. The molecule has 3 heterocycles. The molecular formula is C13H20N6O2S. The van der Waals surface area contributed by atoms with Crippen LogP contribution in [0.5, 0.6) is 0 Å². The molecule has 22 heavy (non-hydrogen) atoms. The number of hydrogen-bond donors (Lipinski definition) is 1. The first kappa shape index (κ1) is 15.2. The van der Waals surface area contributed by atoms with Crippen LogP contribution in [0.2, 0.25) is 0 Å². The van der Waals surface area contributed by atoms with Crippen molar-refractivity contribution < 1.29 is 8.42 Å². The number of hydrogen-bond acceptors (Lipinski definition) is 5. The van der Waals surface area contributed by atoms with Crippen LogP contribution < -0.4 is 4.72 Å². The number of nitrogens with one attached hydrogen (secondary N) is 1. The van der Waals surface area contributed by atoms with Gasteiger partial charge in [0, 0.05) is 26.1 Å². The number of aryl methyl sites for hydroxylation is 4. The van der Waals surface area contributed by atoms with Gasteiger partial charge in [-0.15, -0.1) is 10.2 Å². The minimum atomic E-state index is -3.57. The molecule has 1 aliphatic rings. The molecule has 0 saturated heterocycles. The molecule has 1 atom stereocenters. The highest BCUT2D eigenvalue weighted by Gasteiger charge is 2.28. The fourth-order valence-corrected chi connectivity index (χ4v) is 4.68. The summed E-state index contributed by atoms with van der Waals surface area (Å²) in [6.45, 7) is 4.21. The molecule has 0 radical (unpaired) electrons. The second-order valence-electron chi connectivity index (χ2n) is 5.71. The zero-order valence-corrected chi connectivity index (χ0v) is 13.8. The summed E-state index contributed by atoms with van der Waals surface area (Å²) in [5, 5.41) is 12.1. The first-order chi connectivity index (χ1) is 10.4. The minimum Gasteiger partial charge on any atom is -0.318 e. The predicted molar refractivity (Wildman–Crippen MR) is 79.8 cm³/mol. The monoisotopic (exact) mass is 324 g/mol. The lowest BCUT2D eigenvalue weighted by Crippen LogP contribution is -2.35. The Labute approximate surface area is 129 Å². The normalized spacial score (nSPS) is 19.0. The number of aromatic nitrogens is 5. The van der Waals surface area contributed by atoms with Gasteiger partial charge in [0.05, 0.1) is 11.4 Å². The van der Waals surface area contributed by atoms with E-state index >= 15 is 0 Å². The molecule has 1 aliphatic heterocycles. The van der Waals surface area contributed by atoms with Crippen LogP contribution in [0.25, 0.3) is 0 Å². The lowest BCUT2D eigenvalue weighted by molar-refractivity contribution is 0.496. The fourth-order valence-electron chi connectivity index (χ4n) is 2.94. The highest BCUT2D eigenvalue weighted by atomic mass is 32.2. The van der Waals surface area contributed by atoms with E-state index in [1.165, 1.54) is 0 Å². The molecule has 0 aromatic carbocycles. The lowest BCUT2D eigenvalue weighted by Gasteiger charge is -2.16. The third-order valence-electron chi connectivity index (χ3n) is 4.16. The van der Waals surface area contributed by atoms with Crippen LogP contribution in [0.15, 0.2) is 11.2 Å². The van der Waals surface area contributed by atoms with Gasteiger partial charge in [-0.3, -0.25) is 4.68 Å². The Kier molecular flexibility index (Phi) is 3.77. The van der Waals surface area contributed by atoms with Gasteiger partial charge in [-0.1, -0.05) is 0 Å². The van der Waals surface area contributed by atoms with E-state index in [0.29, 0.717) is 16.3 Å². The molecule has 0 amide bonds. The van der Waals surface area contributed by atoms with E-state index in [1.807, 2.05) is 4.57 Å². The van der Waals surface area contributed by atoms with Gasteiger partial charge in [-0.25, -0.2) is 13.1 Å². The molecule has 8 nitrogen and oxygen atoms in total. The van der Waals surface area contributed by atoms with Gasteiger partial charge in [0.1, 0.15) is 17.0 Å². The highest BCUT2D eigenvalue weighted by molar-refractivity contribution is 7.89. The zero-order chi connectivity index (χ0) is 15.9. The Hall–Kier alpha value is -1.74. The lowest BCUT2D eigenvalue weighted by atomic mass is 10.1. The summed E-state index contributed by atoms with van der Waals surface area (Å²) in [6, 6.07) is -0.106. The third-order valence-corrected chi connectivity index (χ3v) is 5.94. The van der Waals surface area contributed by atoms with Gasteiger partial charge in [-0.05, 0) is 26.7 Å². The van der Waals surface area contributed by atoms with Gasteiger partial charge < -0.3 is 4.57 Å². The van der Waals surface area contributed by atoms with Crippen LogP contribution in [0, 0.1) is 13.8 Å². The second-order valence-corrected chi connectivity index (χ2v) is 7.36. The van der Waals surface area contributed by atoms with Crippen molar-refractivity contribution >= 4 is 10.0 Å². The molecule has 2 aromatic rings. The molecule has 0 aliphatic carbocycles. The first-order valence-corrected chi connectivity index (χ1v) is 8.76. The SMILES string of the molecule is Cc1nn(C)c(C)c1S(=O)(=O)NC1CCc2nncn2CC1. The van der Waals surface area contributed by atoms with Crippen LogP contribution in [0.4, 0.5) is 0 Å². The maximum Gasteiger partial charge on any atom is 0.244 e. The Morgan fingerprint density at radius 1 is 1.32 bits per heavy atom. The van der Waals surface area contributed by atoms with Gasteiger partial charge in [0.25, 0.3) is 0 Å². The number of rotatable bonds is 3. The van der Waals surface area contributed by atoms with Crippen molar-refractivity contribution in [2.45, 2.75) is 50.6 Å². The molecular weight excluding hydrogens is 304 g/mol. The smallest absolute Gasteiger partial charge is 0.244 e. The molecule has 3 rings (SSSR count). The van der Waals surface area contributed by atoms with Crippen molar-refractivity contribution in [3.8, 4) is 0 Å².